The van der Waals surface area contributed by atoms with Crippen LogP contribution in [0.2, 0.25) is 0 Å². The van der Waals surface area contributed by atoms with Gasteiger partial charge < -0.3 is 9.13 Å². The van der Waals surface area contributed by atoms with Gasteiger partial charge >= 0.3 is 0 Å². The molecule has 2 heterocycles. The fraction of sp³-hybridized carbons (Fsp3) is 0.125. The summed E-state index contributed by atoms with van der Waals surface area (Å²) in [4.78, 5) is 9.35. The normalized spacial score (nSPS) is 11.5. The van der Waals surface area contributed by atoms with Gasteiger partial charge in [0.25, 0.3) is 0 Å². The second-order valence-corrected chi connectivity index (χ2v) is 5.18. The third-order valence-electron chi connectivity index (χ3n) is 3.90. The number of hydrogen-bond acceptors (Lipinski definition) is 2. The molecule has 4 aromatic rings. The average Bonchev–Trinajstić information content (AvgIpc) is 2.99. The van der Waals surface area contributed by atoms with E-state index in [-0.39, 0.29) is 0 Å². The summed E-state index contributed by atoms with van der Waals surface area (Å²) in [5.41, 5.74) is 6.09. The monoisotopic (exact) mass is 273 g/mol. The van der Waals surface area contributed by atoms with E-state index in [1.165, 1.54) is 0 Å². The first-order valence-corrected chi connectivity index (χ1v) is 6.92. The minimum Gasteiger partial charge on any atom is -0.373 e. The lowest BCUT2D eigenvalue weighted by atomic mass is 9.76. The van der Waals surface area contributed by atoms with Crippen LogP contribution < -0.4 is 11.4 Å². The summed E-state index contributed by atoms with van der Waals surface area (Å²) in [6.07, 6.45) is 0. The molecule has 2 aromatic carbocycles. The number of rotatable bonds is 2. The quantitative estimate of drug-likeness (QED) is 0.513. The first kappa shape index (κ1) is 12.2. The maximum atomic E-state index is 4.67. The van der Waals surface area contributed by atoms with E-state index in [0.29, 0.717) is 0 Å². The number of aromatic nitrogens is 4. The molecule has 0 aliphatic rings. The van der Waals surface area contributed by atoms with E-state index in [1.807, 2.05) is 57.8 Å². The molecule has 2 aromatic heterocycles. The lowest BCUT2D eigenvalue weighted by Gasteiger charge is -2.16. The highest BCUT2D eigenvalue weighted by molar-refractivity contribution is 6.65. The summed E-state index contributed by atoms with van der Waals surface area (Å²) in [6.45, 7) is 0. The van der Waals surface area contributed by atoms with Gasteiger partial charge in [-0.2, -0.15) is 7.28 Å². The zero-order chi connectivity index (χ0) is 14.4. The standard InChI is InChI=1S/C16H14BN4/c1-20-13-9-5-3-7-11(13)18-15(20)17-16-19-12-8-4-6-10-14(12)21(16)2/h3-10H,1-2H3/q-1. The molecule has 0 saturated heterocycles. The van der Waals surface area contributed by atoms with Crippen molar-refractivity contribution in [2.24, 2.45) is 14.1 Å². The van der Waals surface area contributed by atoms with Crippen molar-refractivity contribution in [2.75, 3.05) is 0 Å². The maximum absolute atomic E-state index is 4.67. The van der Waals surface area contributed by atoms with Crippen LogP contribution in [0.3, 0.4) is 0 Å². The van der Waals surface area contributed by atoms with Gasteiger partial charge in [-0.3, -0.25) is 9.97 Å². The summed E-state index contributed by atoms with van der Waals surface area (Å²) in [5.74, 6) is 0. The van der Waals surface area contributed by atoms with Gasteiger partial charge in [-0.15, -0.1) is 11.4 Å². The first-order chi connectivity index (χ1) is 10.2. The number of aryl methyl sites for hydroxylation is 2. The molecule has 4 rings (SSSR count). The number of para-hydroxylation sites is 4. The predicted molar refractivity (Wildman–Crippen MR) is 86.5 cm³/mol. The molecule has 0 atom stereocenters. The number of nitrogens with zero attached hydrogens (tertiary/aromatic N) is 4. The van der Waals surface area contributed by atoms with E-state index in [0.717, 1.165) is 33.5 Å². The van der Waals surface area contributed by atoms with Crippen LogP contribution in [-0.2, 0) is 14.1 Å². The second-order valence-electron chi connectivity index (χ2n) is 5.18. The number of fused-ring (bicyclic) bond motifs is 2. The zero-order valence-electron chi connectivity index (χ0n) is 12.0. The van der Waals surface area contributed by atoms with Crippen LogP contribution in [0.1, 0.15) is 0 Å². The Morgan fingerprint density at radius 1 is 0.714 bits per heavy atom. The molecule has 4 nitrogen and oxygen atoms in total. The van der Waals surface area contributed by atoms with E-state index in [9.17, 15) is 0 Å². The van der Waals surface area contributed by atoms with Crippen molar-refractivity contribution in [3.63, 3.8) is 0 Å². The van der Waals surface area contributed by atoms with E-state index in [1.54, 1.807) is 0 Å². The van der Waals surface area contributed by atoms with Crippen molar-refractivity contribution in [2.45, 2.75) is 0 Å². The fourth-order valence-corrected chi connectivity index (χ4v) is 2.70. The van der Waals surface area contributed by atoms with Gasteiger partial charge in [0.05, 0.1) is 22.1 Å². The molecule has 0 aliphatic heterocycles. The minimum atomic E-state index is 0.912. The summed E-state index contributed by atoms with van der Waals surface area (Å²) in [5, 5.41) is 0. The SMILES string of the molecule is Cn1c([B-]c2nc3ccccc3n2C)nc2ccccc21. The molecule has 21 heavy (non-hydrogen) atoms. The van der Waals surface area contributed by atoms with Crippen molar-refractivity contribution in [3.8, 4) is 0 Å². The van der Waals surface area contributed by atoms with Gasteiger partial charge in [0.2, 0.25) is 0 Å². The number of imidazole rings is 2. The lowest BCUT2D eigenvalue weighted by molar-refractivity contribution is 0.973. The van der Waals surface area contributed by atoms with Gasteiger partial charge in [-0.25, -0.2) is 0 Å². The van der Waals surface area contributed by atoms with E-state index in [2.05, 4.69) is 31.2 Å². The van der Waals surface area contributed by atoms with Crippen LogP contribution in [0.4, 0.5) is 0 Å². The molecule has 0 amide bonds. The molecule has 0 aliphatic carbocycles. The van der Waals surface area contributed by atoms with Crippen LogP contribution in [0.5, 0.6) is 0 Å². The summed E-state index contributed by atoms with van der Waals surface area (Å²) < 4.78 is 4.18. The van der Waals surface area contributed by atoms with Gasteiger partial charge in [0.15, 0.2) is 0 Å². The molecule has 0 saturated carbocycles. The lowest BCUT2D eigenvalue weighted by Crippen LogP contribution is -2.38. The van der Waals surface area contributed by atoms with Crippen molar-refractivity contribution in [1.29, 1.82) is 0 Å². The Labute approximate surface area is 123 Å². The number of hydrogen-bond donors (Lipinski definition) is 0. The molecule has 2 radical (unpaired) electrons. The van der Waals surface area contributed by atoms with Crippen molar-refractivity contribution < 1.29 is 0 Å². The van der Waals surface area contributed by atoms with Crippen LogP contribution in [0.25, 0.3) is 22.1 Å². The third-order valence-corrected chi connectivity index (χ3v) is 3.90. The van der Waals surface area contributed by atoms with Crippen LogP contribution in [0, 0.1) is 0 Å². The third kappa shape index (κ3) is 1.85. The largest absolute Gasteiger partial charge is 0.373 e. The highest BCUT2D eigenvalue weighted by Gasteiger charge is 2.03. The molecule has 0 unspecified atom stereocenters. The topological polar surface area (TPSA) is 35.6 Å². The Morgan fingerprint density at radius 3 is 1.57 bits per heavy atom. The molecular formula is C16H14BN4-. The van der Waals surface area contributed by atoms with Crippen molar-refractivity contribution in [3.05, 3.63) is 48.5 Å². The fourth-order valence-electron chi connectivity index (χ4n) is 2.70. The summed E-state index contributed by atoms with van der Waals surface area (Å²) in [7, 11) is 6.09. The molecule has 0 fully saturated rings. The van der Waals surface area contributed by atoms with Crippen molar-refractivity contribution >= 4 is 40.8 Å². The Kier molecular flexibility index (Phi) is 2.60. The summed E-state index contributed by atoms with van der Waals surface area (Å²) in [6, 6.07) is 16.3. The summed E-state index contributed by atoms with van der Waals surface area (Å²) >= 11 is 0. The smallest absolute Gasteiger partial charge is 0.0840 e. The highest BCUT2D eigenvalue weighted by Crippen LogP contribution is 2.10. The van der Waals surface area contributed by atoms with E-state index < -0.39 is 0 Å². The molecule has 0 bridgehead atoms. The molecular weight excluding hydrogens is 259 g/mol. The van der Waals surface area contributed by atoms with Crippen LogP contribution >= 0.6 is 0 Å². The van der Waals surface area contributed by atoms with Crippen LogP contribution in [-0.4, -0.2) is 26.4 Å². The van der Waals surface area contributed by atoms with Gasteiger partial charge in [-0.1, -0.05) is 24.3 Å². The molecule has 0 spiro atoms. The zero-order valence-corrected chi connectivity index (χ0v) is 12.0. The first-order valence-electron chi connectivity index (χ1n) is 6.92. The van der Waals surface area contributed by atoms with Gasteiger partial charge in [-0.05, 0) is 24.3 Å². The Morgan fingerprint density at radius 2 is 1.14 bits per heavy atom. The number of benzene rings is 2. The molecule has 0 N–H and O–H groups in total. The Bertz CT molecular complexity index is 873. The maximum Gasteiger partial charge on any atom is 0.0840 e. The Balaban J connectivity index is 1.83. The highest BCUT2D eigenvalue weighted by atomic mass is 15.1. The molecule has 5 heteroatoms. The second kappa shape index (κ2) is 4.48. The van der Waals surface area contributed by atoms with Crippen LogP contribution in [0.15, 0.2) is 48.5 Å². The van der Waals surface area contributed by atoms with E-state index in [4.69, 9.17) is 0 Å². The van der Waals surface area contributed by atoms with Gasteiger partial charge in [0.1, 0.15) is 0 Å². The van der Waals surface area contributed by atoms with E-state index >= 15 is 0 Å². The van der Waals surface area contributed by atoms with Crippen molar-refractivity contribution in [1.82, 2.24) is 19.1 Å². The Hall–Kier alpha value is -2.56. The predicted octanol–water partition coefficient (Wildman–Crippen LogP) is 1.11. The molecule has 102 valence electrons. The minimum absolute atomic E-state index is 0.912. The van der Waals surface area contributed by atoms with Gasteiger partial charge in [0, 0.05) is 14.1 Å². The average molecular weight is 273 g/mol.